The van der Waals surface area contributed by atoms with Gasteiger partial charge < -0.3 is 9.47 Å². The number of fused-ring (bicyclic) bond motifs is 12. The van der Waals surface area contributed by atoms with Crippen LogP contribution in [-0.4, -0.2) is 4.57 Å². The summed E-state index contributed by atoms with van der Waals surface area (Å²) in [6.45, 7) is 0. The first kappa shape index (κ1) is 39.7. The van der Waals surface area contributed by atoms with E-state index in [1.165, 1.54) is 146 Å². The van der Waals surface area contributed by atoms with E-state index in [1.807, 2.05) is 0 Å². The molecule has 9 aromatic carbocycles. The highest BCUT2D eigenvalue weighted by Crippen LogP contribution is 2.89. The maximum atomic E-state index is 2.69. The van der Waals surface area contributed by atoms with Crippen molar-refractivity contribution in [3.63, 3.8) is 0 Å². The number of nitrogens with zero attached hydrogens (tertiary/aromatic N) is 2. The van der Waals surface area contributed by atoms with Gasteiger partial charge in [0.25, 0.3) is 0 Å². The van der Waals surface area contributed by atoms with Crippen LogP contribution in [0.3, 0.4) is 0 Å². The standard InChI is InChI=1S/C68H56N2/c1-3-18-44(19-4-1)50-28-15-20-45-21-16-29-55(65(45)50)53-26-9-14-34-61(53)70(62-35-17-30-56-54-27-10-13-33-60(54)69(66(56)62)48-22-5-2-6-23-48)59-32-12-8-24-49(59)46-36-37-52-51-25-7-11-31-57(51)68(58(52)40-46)63-39-43-38-47-41-64(68)67(47,63)42-43/h2,5-17,20-37,40,43-44,47,63-64H,1,3-4,18-19,38-39,41-42H2. The lowest BCUT2D eigenvalue weighted by atomic mass is 9.27. The Kier molecular flexibility index (Phi) is 8.32. The third-order valence-electron chi connectivity index (χ3n) is 19.4. The monoisotopic (exact) mass is 900 g/mol. The fraction of sp³-hybridized carbons (Fsp3) is 0.235. The second-order valence-electron chi connectivity index (χ2n) is 22.2. The van der Waals surface area contributed by atoms with E-state index in [0.29, 0.717) is 11.3 Å². The molecule has 5 saturated carbocycles. The van der Waals surface area contributed by atoms with E-state index in [4.69, 9.17) is 0 Å². The summed E-state index contributed by atoms with van der Waals surface area (Å²) < 4.78 is 2.52. The predicted octanol–water partition coefficient (Wildman–Crippen LogP) is 18.1. The SMILES string of the molecule is c1ccc(-n2c3ccccc3c3cccc(N(c4ccccc4-c4ccc5c(c4)C4(c6ccccc6-5)C5CC6CC7CC4C75C6)c4ccccc4-c4cccc5cccc(C6CCCCC6)c45)c32)cc1. The van der Waals surface area contributed by atoms with E-state index in [-0.39, 0.29) is 5.41 Å². The highest BCUT2D eigenvalue weighted by molar-refractivity contribution is 6.15. The molecular weight excluding hydrogens is 845 g/mol. The van der Waals surface area contributed by atoms with Gasteiger partial charge in [0.2, 0.25) is 0 Å². The van der Waals surface area contributed by atoms with Gasteiger partial charge in [0.05, 0.1) is 28.1 Å². The van der Waals surface area contributed by atoms with Crippen molar-refractivity contribution in [3.05, 3.63) is 217 Å². The molecule has 1 heterocycles. The molecule has 2 nitrogen and oxygen atoms in total. The molecule has 6 atom stereocenters. The molecule has 0 radical (unpaired) electrons. The first-order chi connectivity index (χ1) is 34.7. The fourth-order valence-corrected chi connectivity index (χ4v) is 17.1. The summed E-state index contributed by atoms with van der Waals surface area (Å²) in [7, 11) is 0. The van der Waals surface area contributed by atoms with Gasteiger partial charge in [-0.3, -0.25) is 0 Å². The average molecular weight is 901 g/mol. The summed E-state index contributed by atoms with van der Waals surface area (Å²) in [5.41, 5.74) is 20.7. The first-order valence-corrected chi connectivity index (χ1v) is 26.5. The van der Waals surface area contributed by atoms with Crippen LogP contribution < -0.4 is 4.90 Å². The van der Waals surface area contributed by atoms with Crippen LogP contribution >= 0.6 is 0 Å². The van der Waals surface area contributed by atoms with Gasteiger partial charge in [-0.15, -0.1) is 0 Å². The molecule has 6 unspecified atom stereocenters. The molecule has 2 bridgehead atoms. The Morgan fingerprint density at radius 1 is 0.471 bits per heavy atom. The number of rotatable bonds is 7. The molecule has 0 aliphatic heterocycles. The zero-order chi connectivity index (χ0) is 45.7. The van der Waals surface area contributed by atoms with Gasteiger partial charge in [0.1, 0.15) is 0 Å². The molecule has 2 heteroatoms. The molecule has 2 spiro atoms. The summed E-state index contributed by atoms with van der Waals surface area (Å²) in [6.07, 6.45) is 12.3. The van der Waals surface area contributed by atoms with Gasteiger partial charge >= 0.3 is 0 Å². The van der Waals surface area contributed by atoms with Crippen molar-refractivity contribution in [2.45, 2.75) is 69.1 Å². The van der Waals surface area contributed by atoms with Crippen LogP contribution in [0.25, 0.3) is 71.6 Å². The van der Waals surface area contributed by atoms with Crippen molar-refractivity contribution in [3.8, 4) is 39.1 Å². The first-order valence-electron chi connectivity index (χ1n) is 26.5. The van der Waals surface area contributed by atoms with Crippen LogP contribution in [-0.2, 0) is 5.41 Å². The Morgan fingerprint density at radius 3 is 1.99 bits per heavy atom. The molecule has 16 rings (SSSR count). The van der Waals surface area contributed by atoms with Crippen LogP contribution in [0.15, 0.2) is 200 Å². The van der Waals surface area contributed by atoms with E-state index >= 15 is 0 Å². The van der Waals surface area contributed by atoms with Gasteiger partial charge in [0.15, 0.2) is 0 Å². The molecule has 1 aromatic heterocycles. The number of aromatic nitrogens is 1. The van der Waals surface area contributed by atoms with E-state index < -0.39 is 0 Å². The Bertz CT molecular complexity index is 3770. The molecule has 70 heavy (non-hydrogen) atoms. The van der Waals surface area contributed by atoms with Crippen LogP contribution in [0.1, 0.15) is 80.4 Å². The molecule has 0 amide bonds. The number of anilines is 3. The Hall–Kier alpha value is -7.16. The average Bonchev–Trinajstić information content (AvgIpc) is 4.15. The zero-order valence-electron chi connectivity index (χ0n) is 39.7. The van der Waals surface area contributed by atoms with Crippen molar-refractivity contribution >= 4 is 49.6 Å². The molecule has 10 aromatic rings. The minimum Gasteiger partial charge on any atom is -0.307 e. The molecule has 6 aliphatic carbocycles. The van der Waals surface area contributed by atoms with Crippen molar-refractivity contribution in [1.29, 1.82) is 0 Å². The van der Waals surface area contributed by atoms with Crippen molar-refractivity contribution < 1.29 is 0 Å². The van der Waals surface area contributed by atoms with Crippen LogP contribution in [0.4, 0.5) is 17.1 Å². The predicted molar refractivity (Wildman–Crippen MR) is 291 cm³/mol. The zero-order valence-corrected chi connectivity index (χ0v) is 39.7. The molecule has 338 valence electrons. The maximum absolute atomic E-state index is 2.69. The smallest absolute Gasteiger partial charge is 0.0782 e. The van der Waals surface area contributed by atoms with E-state index in [0.717, 1.165) is 29.4 Å². The Balaban J connectivity index is 0.962. The number of hydrogen-bond acceptors (Lipinski definition) is 1. The minimum atomic E-state index is 0.126. The van der Waals surface area contributed by atoms with Gasteiger partial charge in [-0.25, -0.2) is 0 Å². The summed E-state index contributed by atoms with van der Waals surface area (Å²) >= 11 is 0. The van der Waals surface area contributed by atoms with Gasteiger partial charge in [-0.2, -0.15) is 0 Å². The van der Waals surface area contributed by atoms with E-state index in [1.54, 1.807) is 11.1 Å². The van der Waals surface area contributed by atoms with Gasteiger partial charge in [0, 0.05) is 33.0 Å². The molecule has 6 aliphatic rings. The molecule has 5 fully saturated rings. The quantitative estimate of drug-likeness (QED) is 0.155. The summed E-state index contributed by atoms with van der Waals surface area (Å²) in [6, 6.07) is 77.0. The van der Waals surface area contributed by atoms with Crippen molar-refractivity contribution in [1.82, 2.24) is 4.57 Å². The second kappa shape index (κ2) is 14.7. The Labute approximate surface area is 411 Å². The van der Waals surface area contributed by atoms with E-state index in [2.05, 4.69) is 210 Å². The van der Waals surface area contributed by atoms with Crippen molar-refractivity contribution in [2.75, 3.05) is 4.90 Å². The lowest BCUT2D eigenvalue weighted by molar-refractivity contribution is -0.231. The maximum Gasteiger partial charge on any atom is 0.0782 e. The van der Waals surface area contributed by atoms with Gasteiger partial charge in [-0.1, -0.05) is 177 Å². The lowest BCUT2D eigenvalue weighted by Gasteiger charge is -2.76. The largest absolute Gasteiger partial charge is 0.307 e. The highest BCUT2D eigenvalue weighted by Gasteiger charge is 2.84. The third-order valence-corrected chi connectivity index (χ3v) is 19.4. The van der Waals surface area contributed by atoms with Crippen molar-refractivity contribution in [2.24, 2.45) is 29.1 Å². The normalized spacial score (nSPS) is 24.7. The Morgan fingerprint density at radius 2 is 1.13 bits per heavy atom. The van der Waals surface area contributed by atoms with Crippen LogP contribution in [0.5, 0.6) is 0 Å². The topological polar surface area (TPSA) is 8.17 Å². The third kappa shape index (κ3) is 5.09. The van der Waals surface area contributed by atoms with Crippen LogP contribution in [0, 0.1) is 29.1 Å². The highest BCUT2D eigenvalue weighted by atomic mass is 15.2. The number of benzene rings is 9. The van der Waals surface area contributed by atoms with E-state index in [9.17, 15) is 0 Å². The number of hydrogen-bond donors (Lipinski definition) is 0. The minimum absolute atomic E-state index is 0.126. The molecular formula is C68H56N2. The summed E-state index contributed by atoms with van der Waals surface area (Å²) in [4.78, 5) is 2.65. The molecule has 0 N–H and O–H groups in total. The summed E-state index contributed by atoms with van der Waals surface area (Å²) in [5.74, 6) is 3.96. The summed E-state index contributed by atoms with van der Waals surface area (Å²) in [5, 5.41) is 5.25. The van der Waals surface area contributed by atoms with Crippen LogP contribution in [0.2, 0.25) is 0 Å². The number of para-hydroxylation sites is 5. The molecule has 0 saturated heterocycles. The lowest BCUT2D eigenvalue weighted by Crippen LogP contribution is -2.73. The van der Waals surface area contributed by atoms with Gasteiger partial charge in [-0.05, 0) is 166 Å². The second-order valence-corrected chi connectivity index (χ2v) is 22.2. The fourth-order valence-electron chi connectivity index (χ4n) is 17.1.